The molecule has 2 heterocycles. The summed E-state index contributed by atoms with van der Waals surface area (Å²) in [6.45, 7) is 8.38. The molecule has 6 heteroatoms. The summed E-state index contributed by atoms with van der Waals surface area (Å²) in [5, 5.41) is 0.961. The highest BCUT2D eigenvalue weighted by molar-refractivity contribution is 9.10. The monoisotopic (exact) mass is 341 g/mol. The normalized spacial score (nSPS) is 12.2. The lowest BCUT2D eigenvalue weighted by Crippen LogP contribution is -2.22. The van der Waals surface area contributed by atoms with E-state index in [1.165, 1.54) is 6.04 Å². The summed E-state index contributed by atoms with van der Waals surface area (Å²) in [7, 11) is -1.03. The molecule has 0 saturated heterocycles. The highest BCUT2D eigenvalue weighted by atomic mass is 79.9. The van der Waals surface area contributed by atoms with Crippen LogP contribution in [-0.4, -0.2) is 24.2 Å². The van der Waals surface area contributed by atoms with E-state index >= 15 is 0 Å². The minimum atomic E-state index is -1.03. The van der Waals surface area contributed by atoms with Gasteiger partial charge in [-0.05, 0) is 28.0 Å². The van der Waals surface area contributed by atoms with Gasteiger partial charge < -0.3 is 15.0 Å². The zero-order chi connectivity index (χ0) is 14.0. The Balaban J connectivity index is 2.04. The average molecular weight is 342 g/mol. The highest BCUT2D eigenvalue weighted by Gasteiger charge is 2.12. The Morgan fingerprint density at radius 1 is 1.42 bits per heavy atom. The number of hydrogen-bond acceptors (Lipinski definition) is 3. The molecule has 2 aromatic heterocycles. The summed E-state index contributed by atoms with van der Waals surface area (Å²) >= 11 is 3.39. The molecule has 0 spiro atoms. The summed E-state index contributed by atoms with van der Waals surface area (Å²) < 4.78 is 8.56. The van der Waals surface area contributed by atoms with E-state index in [0.29, 0.717) is 6.73 Å². The lowest BCUT2D eigenvalue weighted by molar-refractivity contribution is 0.0899. The number of nitrogens with two attached hydrogens (primary N) is 1. The van der Waals surface area contributed by atoms with Gasteiger partial charge in [0.15, 0.2) is 0 Å². The molecule has 0 fully saturated rings. The molecular weight excluding hydrogens is 322 g/mol. The zero-order valence-electron chi connectivity index (χ0n) is 11.6. The van der Waals surface area contributed by atoms with Gasteiger partial charge in [-0.15, -0.1) is 0 Å². The molecule has 19 heavy (non-hydrogen) atoms. The van der Waals surface area contributed by atoms with E-state index in [9.17, 15) is 0 Å². The summed E-state index contributed by atoms with van der Waals surface area (Å²) in [5.41, 5.74) is 7.60. The molecule has 0 aliphatic heterocycles. The third-order valence-electron chi connectivity index (χ3n) is 3.01. The van der Waals surface area contributed by atoms with Crippen molar-refractivity contribution in [3.8, 4) is 0 Å². The summed E-state index contributed by atoms with van der Waals surface area (Å²) in [6, 6.07) is 3.15. The number of anilines is 1. The van der Waals surface area contributed by atoms with Crippen LogP contribution < -0.4 is 5.73 Å². The maximum atomic E-state index is 6.01. The molecule has 0 aromatic carbocycles. The van der Waals surface area contributed by atoms with E-state index in [0.717, 1.165) is 27.8 Å². The number of hydrogen-bond donors (Lipinski definition) is 1. The van der Waals surface area contributed by atoms with Gasteiger partial charge in [-0.1, -0.05) is 19.6 Å². The Morgan fingerprint density at radius 2 is 2.16 bits per heavy atom. The molecule has 0 aliphatic carbocycles. The molecule has 4 nitrogen and oxygen atoms in total. The highest BCUT2D eigenvalue weighted by Crippen LogP contribution is 2.27. The minimum Gasteiger partial charge on any atom is -0.397 e. The lowest BCUT2D eigenvalue weighted by Gasteiger charge is -2.15. The molecule has 2 aromatic rings. The summed E-state index contributed by atoms with van der Waals surface area (Å²) in [6.07, 6.45) is 3.70. The van der Waals surface area contributed by atoms with Crippen LogP contribution in [0.1, 0.15) is 0 Å². The van der Waals surface area contributed by atoms with E-state index in [-0.39, 0.29) is 0 Å². The number of aromatic nitrogens is 2. The first-order valence-electron chi connectivity index (χ1n) is 6.35. The van der Waals surface area contributed by atoms with Crippen molar-refractivity contribution in [2.75, 3.05) is 12.3 Å². The molecule has 0 amide bonds. The lowest BCUT2D eigenvalue weighted by atomic mass is 10.3. The fraction of sp³-hybridized carbons (Fsp3) is 0.462. The topological polar surface area (TPSA) is 53.1 Å². The Hall–Kier alpha value is -0.853. The molecule has 2 rings (SSSR count). The van der Waals surface area contributed by atoms with Crippen molar-refractivity contribution >= 4 is 40.7 Å². The van der Waals surface area contributed by atoms with E-state index in [2.05, 4.69) is 40.6 Å². The van der Waals surface area contributed by atoms with Crippen LogP contribution in [0.4, 0.5) is 5.69 Å². The predicted octanol–water partition coefficient (Wildman–Crippen LogP) is 3.69. The van der Waals surface area contributed by atoms with Crippen LogP contribution in [0.2, 0.25) is 25.7 Å². The van der Waals surface area contributed by atoms with E-state index in [1.54, 1.807) is 6.20 Å². The number of rotatable bonds is 5. The molecule has 2 N–H and O–H groups in total. The molecule has 0 bridgehead atoms. The van der Waals surface area contributed by atoms with Gasteiger partial charge in [0.05, 0.1) is 10.2 Å². The van der Waals surface area contributed by atoms with Crippen molar-refractivity contribution in [3.63, 3.8) is 0 Å². The first-order valence-corrected chi connectivity index (χ1v) is 10.8. The van der Waals surface area contributed by atoms with Gasteiger partial charge in [-0.3, -0.25) is 0 Å². The molecule has 0 aliphatic rings. The largest absolute Gasteiger partial charge is 0.397 e. The predicted molar refractivity (Wildman–Crippen MR) is 86.0 cm³/mol. The second-order valence-corrected chi connectivity index (χ2v) is 12.4. The van der Waals surface area contributed by atoms with Crippen LogP contribution in [-0.2, 0) is 11.5 Å². The van der Waals surface area contributed by atoms with Gasteiger partial charge in [0.1, 0.15) is 12.4 Å². The van der Waals surface area contributed by atoms with Crippen LogP contribution >= 0.6 is 15.9 Å². The number of pyridine rings is 1. The molecule has 0 saturated carbocycles. The molecule has 104 valence electrons. The quantitative estimate of drug-likeness (QED) is 0.666. The van der Waals surface area contributed by atoms with Gasteiger partial charge >= 0.3 is 0 Å². The number of nitrogens with zero attached hydrogens (tertiary/aromatic N) is 2. The Kier molecular flexibility index (Phi) is 4.32. The Labute approximate surface area is 123 Å². The second kappa shape index (κ2) is 5.64. The van der Waals surface area contributed by atoms with Crippen LogP contribution in [0, 0.1) is 0 Å². The van der Waals surface area contributed by atoms with Gasteiger partial charge in [0.2, 0.25) is 0 Å². The van der Waals surface area contributed by atoms with Crippen molar-refractivity contribution < 1.29 is 4.74 Å². The smallest absolute Gasteiger partial charge is 0.143 e. The Bertz CT molecular complexity index is 577. The second-order valence-electron chi connectivity index (χ2n) is 5.89. The van der Waals surface area contributed by atoms with Gasteiger partial charge in [-0.25, -0.2) is 4.98 Å². The third kappa shape index (κ3) is 3.58. The van der Waals surface area contributed by atoms with Crippen molar-refractivity contribution in [3.05, 3.63) is 22.9 Å². The van der Waals surface area contributed by atoms with Crippen LogP contribution in [0.25, 0.3) is 11.0 Å². The van der Waals surface area contributed by atoms with Crippen LogP contribution in [0.5, 0.6) is 0 Å². The third-order valence-corrected chi connectivity index (χ3v) is 5.34. The van der Waals surface area contributed by atoms with E-state index in [4.69, 9.17) is 10.5 Å². The average Bonchev–Trinajstić information content (AvgIpc) is 2.72. The zero-order valence-corrected chi connectivity index (χ0v) is 14.2. The number of halogens is 1. The number of fused-ring (bicyclic) bond motifs is 1. The minimum absolute atomic E-state index is 0.530. The van der Waals surface area contributed by atoms with Crippen LogP contribution in [0.3, 0.4) is 0 Å². The van der Waals surface area contributed by atoms with Crippen molar-refractivity contribution in [2.24, 2.45) is 0 Å². The number of ether oxygens (including phenoxy) is 1. The fourth-order valence-electron chi connectivity index (χ4n) is 1.78. The van der Waals surface area contributed by atoms with Crippen molar-refractivity contribution in [2.45, 2.75) is 32.4 Å². The summed E-state index contributed by atoms with van der Waals surface area (Å²) in [5.74, 6) is 0. The van der Waals surface area contributed by atoms with Gasteiger partial charge in [0, 0.05) is 32.5 Å². The number of nitrogen functional groups attached to an aromatic ring is 1. The van der Waals surface area contributed by atoms with Gasteiger partial charge in [0.25, 0.3) is 0 Å². The van der Waals surface area contributed by atoms with Crippen LogP contribution in [0.15, 0.2) is 22.9 Å². The standard InChI is InChI=1S/C13H20BrN3OSi/c1-19(2,3)7-6-18-9-17-5-4-10-12(15)11(14)8-16-13(10)17/h4-5,8H,6-7,9H2,1-3H3,(H2,15,16). The van der Waals surface area contributed by atoms with Gasteiger partial charge in [-0.2, -0.15) is 0 Å². The van der Waals surface area contributed by atoms with E-state index < -0.39 is 8.07 Å². The molecule has 0 radical (unpaired) electrons. The first-order chi connectivity index (χ1) is 8.88. The maximum Gasteiger partial charge on any atom is 0.143 e. The molecular formula is C13H20BrN3OSi. The SMILES string of the molecule is C[Si](C)(C)CCOCn1ccc2c(N)c(Br)cnc21. The van der Waals surface area contributed by atoms with Crippen molar-refractivity contribution in [1.29, 1.82) is 0 Å². The van der Waals surface area contributed by atoms with E-state index in [1.807, 2.05) is 16.8 Å². The Morgan fingerprint density at radius 3 is 2.84 bits per heavy atom. The van der Waals surface area contributed by atoms with Crippen molar-refractivity contribution in [1.82, 2.24) is 9.55 Å². The maximum absolute atomic E-state index is 6.01. The first kappa shape index (κ1) is 14.6. The summed E-state index contributed by atoms with van der Waals surface area (Å²) in [4.78, 5) is 4.39. The molecule has 0 atom stereocenters. The fourth-order valence-corrected chi connectivity index (χ4v) is 2.85. The molecule has 0 unspecified atom stereocenters.